The van der Waals surface area contributed by atoms with Gasteiger partial charge in [-0.15, -0.1) is 0 Å². The molecule has 1 aliphatic rings. The van der Waals surface area contributed by atoms with Crippen molar-refractivity contribution in [2.75, 3.05) is 14.2 Å². The van der Waals surface area contributed by atoms with Gasteiger partial charge >= 0.3 is 0 Å². The second-order valence-corrected chi connectivity index (χ2v) is 7.72. The van der Waals surface area contributed by atoms with Crippen molar-refractivity contribution >= 4 is 18.0 Å². The van der Waals surface area contributed by atoms with Gasteiger partial charge in [0.1, 0.15) is 17.5 Å². The van der Waals surface area contributed by atoms with E-state index in [1.54, 1.807) is 49.4 Å². The summed E-state index contributed by atoms with van der Waals surface area (Å²) in [4.78, 5) is 12.9. The van der Waals surface area contributed by atoms with Gasteiger partial charge in [0.05, 0.1) is 25.7 Å². The number of hydrogen-bond acceptors (Lipinski definition) is 5. The first-order valence-electron chi connectivity index (χ1n) is 10.5. The molecule has 3 aromatic rings. The summed E-state index contributed by atoms with van der Waals surface area (Å²) in [5, 5.41) is 20.1. The van der Waals surface area contributed by atoms with Crippen LogP contribution in [0.15, 0.2) is 77.9 Å². The quantitative estimate of drug-likeness (QED) is 0.594. The number of nitrogens with one attached hydrogen (secondary N) is 1. The summed E-state index contributed by atoms with van der Waals surface area (Å²) >= 11 is 0. The second kappa shape index (κ2) is 9.56. The third-order valence-electron chi connectivity index (χ3n) is 5.55. The molecule has 0 radical (unpaired) electrons. The van der Waals surface area contributed by atoms with E-state index >= 15 is 0 Å². The largest absolute Gasteiger partial charge is 0.856 e. The van der Waals surface area contributed by atoms with Crippen LogP contribution in [0.4, 0.5) is 0 Å². The van der Waals surface area contributed by atoms with Crippen molar-refractivity contribution in [3.8, 4) is 11.5 Å². The lowest BCUT2D eigenvalue weighted by Crippen LogP contribution is -2.47. The average Bonchev–Trinajstić information content (AvgIpc) is 3.14. The van der Waals surface area contributed by atoms with Gasteiger partial charge in [-0.2, -0.15) is 0 Å². The highest BCUT2D eigenvalue weighted by Crippen LogP contribution is 2.28. The molecule has 7 nitrogen and oxygen atoms in total. The molecular formula is C26H25N3O4. The van der Waals surface area contributed by atoms with Crippen LogP contribution in [0.25, 0.3) is 0 Å². The first-order valence-corrected chi connectivity index (χ1v) is 10.5. The van der Waals surface area contributed by atoms with E-state index in [4.69, 9.17) is 9.47 Å². The molecule has 0 saturated heterocycles. The van der Waals surface area contributed by atoms with Gasteiger partial charge in [0.25, 0.3) is 5.91 Å². The topological polar surface area (TPSA) is 86.0 Å². The smallest absolute Gasteiger partial charge is 0.252 e. The average molecular weight is 444 g/mol. The van der Waals surface area contributed by atoms with Gasteiger partial charge in [-0.3, -0.25) is 4.79 Å². The van der Waals surface area contributed by atoms with Crippen LogP contribution < -0.4 is 19.9 Å². The molecule has 0 bridgehead atoms. The molecule has 7 heteroatoms. The van der Waals surface area contributed by atoms with Gasteiger partial charge in [0, 0.05) is 11.1 Å². The van der Waals surface area contributed by atoms with Crippen molar-refractivity contribution in [2.24, 2.45) is 5.10 Å². The number of nitrogens with zero attached hydrogens (tertiary/aromatic N) is 2. The predicted octanol–water partition coefficient (Wildman–Crippen LogP) is 2.67. The van der Waals surface area contributed by atoms with Gasteiger partial charge in [-0.25, -0.2) is 0 Å². The maximum absolute atomic E-state index is 13.0. The summed E-state index contributed by atoms with van der Waals surface area (Å²) in [5.74, 6) is 0.526. The summed E-state index contributed by atoms with van der Waals surface area (Å²) in [7, 11) is 3.15. The first kappa shape index (κ1) is 22.1. The van der Waals surface area contributed by atoms with Crippen LogP contribution in [0.5, 0.6) is 11.5 Å². The summed E-state index contributed by atoms with van der Waals surface area (Å²) in [6.07, 6.45) is 1.76. The fraction of sp³-hybridized carbons (Fsp3) is 0.192. The van der Waals surface area contributed by atoms with Crippen LogP contribution in [0.1, 0.15) is 33.1 Å². The van der Waals surface area contributed by atoms with Gasteiger partial charge in [0.2, 0.25) is 12.3 Å². The normalized spacial score (nSPS) is 18.6. The van der Waals surface area contributed by atoms with Gasteiger partial charge < -0.3 is 19.9 Å². The summed E-state index contributed by atoms with van der Waals surface area (Å²) in [6, 6.07) is 20.7. The predicted molar refractivity (Wildman–Crippen MR) is 124 cm³/mol. The van der Waals surface area contributed by atoms with E-state index < -0.39 is 18.0 Å². The summed E-state index contributed by atoms with van der Waals surface area (Å²) in [6.45, 7) is 2.00. The number of rotatable bonds is 6. The Morgan fingerprint density at radius 3 is 2.36 bits per heavy atom. The molecule has 0 aliphatic carbocycles. The van der Waals surface area contributed by atoms with Crippen LogP contribution in [0, 0.1) is 6.92 Å². The van der Waals surface area contributed by atoms with E-state index in [-0.39, 0.29) is 5.91 Å². The molecular weight excluding hydrogens is 418 g/mol. The summed E-state index contributed by atoms with van der Waals surface area (Å²) < 4.78 is 12.2. The van der Waals surface area contributed by atoms with Gasteiger partial charge in [-0.1, -0.05) is 46.6 Å². The highest BCUT2D eigenvalue weighted by molar-refractivity contribution is 5.97. The van der Waals surface area contributed by atoms with E-state index in [2.05, 4.69) is 10.4 Å². The van der Waals surface area contributed by atoms with Crippen molar-refractivity contribution in [1.82, 2.24) is 5.32 Å². The van der Waals surface area contributed by atoms with E-state index in [0.717, 1.165) is 16.7 Å². The van der Waals surface area contributed by atoms with Crippen LogP contribution in [0.3, 0.4) is 0 Å². The Labute approximate surface area is 192 Å². The molecule has 2 unspecified atom stereocenters. The number of carbonyl (C=O) groups excluding carboxylic acids is 1. The Morgan fingerprint density at radius 1 is 1.00 bits per heavy atom. The van der Waals surface area contributed by atoms with Crippen molar-refractivity contribution < 1.29 is 24.1 Å². The molecule has 0 fully saturated rings. The number of amides is 1. The number of carbonyl (C=O) groups is 1. The molecule has 0 saturated carbocycles. The first-order chi connectivity index (χ1) is 16.0. The molecule has 1 amide bonds. The lowest BCUT2D eigenvalue weighted by Gasteiger charge is -2.20. The monoisotopic (exact) mass is 443 g/mol. The Bertz CT molecular complexity index is 1200. The Kier molecular flexibility index (Phi) is 6.40. The van der Waals surface area contributed by atoms with E-state index in [1.807, 2.05) is 55.5 Å². The number of hydrazone groups is 1. The minimum Gasteiger partial charge on any atom is -0.856 e. The number of hydrogen-bond donors (Lipinski definition) is 1. The maximum Gasteiger partial charge on any atom is 0.252 e. The third kappa shape index (κ3) is 4.72. The highest BCUT2D eigenvalue weighted by Gasteiger charge is 2.41. The minimum atomic E-state index is -0.853. The van der Waals surface area contributed by atoms with Crippen molar-refractivity contribution in [2.45, 2.75) is 19.0 Å². The van der Waals surface area contributed by atoms with Crippen molar-refractivity contribution in [1.29, 1.82) is 0 Å². The second-order valence-electron chi connectivity index (χ2n) is 7.72. The molecule has 168 valence electrons. The maximum atomic E-state index is 13.0. The van der Waals surface area contributed by atoms with Crippen LogP contribution in [-0.4, -0.2) is 43.0 Å². The SMILES string of the molecule is COc1ccc(C(=O)NC2C([O-])=N/[N+](=C\c3ccccc3OC)C2c2ccc(C)cc2)cc1. The number of benzene rings is 3. The lowest BCUT2D eigenvalue weighted by atomic mass is 9.98. The Balaban J connectivity index is 1.70. The lowest BCUT2D eigenvalue weighted by molar-refractivity contribution is -0.565. The van der Waals surface area contributed by atoms with Crippen LogP contribution in [-0.2, 0) is 0 Å². The Morgan fingerprint density at radius 2 is 1.70 bits per heavy atom. The Hall–Kier alpha value is -4.13. The van der Waals surface area contributed by atoms with E-state index in [0.29, 0.717) is 17.1 Å². The standard InChI is InChI=1S/C26H25N3O4/c1-17-8-10-18(11-9-17)24-23(27-25(30)19-12-14-21(32-2)15-13-19)26(31)28-29(24)16-20-6-4-5-7-22(20)33-3/h4-16,23-24H,1-3H3,(H-,27,28,30,31)/b29-16-. The zero-order chi connectivity index (χ0) is 23.4. The molecule has 0 aromatic heterocycles. The zero-order valence-electron chi connectivity index (χ0n) is 18.7. The van der Waals surface area contributed by atoms with Crippen molar-refractivity contribution in [3.05, 3.63) is 95.1 Å². The molecule has 4 rings (SSSR count). The molecule has 3 aromatic carbocycles. The molecule has 2 atom stereocenters. The molecule has 1 heterocycles. The summed E-state index contributed by atoms with van der Waals surface area (Å²) in [5.41, 5.74) is 3.16. The molecule has 0 spiro atoms. The molecule has 1 N–H and O–H groups in total. The molecule has 1 aliphatic heterocycles. The number of para-hydroxylation sites is 1. The zero-order valence-corrected chi connectivity index (χ0v) is 18.7. The number of ether oxygens (including phenoxy) is 2. The van der Waals surface area contributed by atoms with Crippen LogP contribution in [0.2, 0.25) is 0 Å². The van der Waals surface area contributed by atoms with Crippen molar-refractivity contribution in [3.63, 3.8) is 0 Å². The minimum absolute atomic E-state index is 0.359. The van der Waals surface area contributed by atoms with E-state index in [9.17, 15) is 9.90 Å². The number of aryl methyl sites for hydroxylation is 1. The highest BCUT2D eigenvalue weighted by atomic mass is 16.5. The fourth-order valence-electron chi connectivity index (χ4n) is 3.77. The van der Waals surface area contributed by atoms with Crippen LogP contribution >= 0.6 is 0 Å². The number of methoxy groups -OCH3 is 2. The van der Waals surface area contributed by atoms with E-state index in [1.165, 1.54) is 0 Å². The fourth-order valence-corrected chi connectivity index (χ4v) is 3.77. The van der Waals surface area contributed by atoms with Gasteiger partial charge in [-0.05, 0) is 48.4 Å². The van der Waals surface area contributed by atoms with Gasteiger partial charge in [0.15, 0.2) is 0 Å². The third-order valence-corrected chi connectivity index (χ3v) is 5.55. The molecule has 33 heavy (non-hydrogen) atoms.